The molecule has 0 aliphatic heterocycles. The molecular formula is C21H23N3O2. The van der Waals surface area contributed by atoms with E-state index in [2.05, 4.69) is 4.98 Å². The van der Waals surface area contributed by atoms with Crippen molar-refractivity contribution in [1.82, 2.24) is 14.5 Å². The highest BCUT2D eigenvalue weighted by Crippen LogP contribution is 2.15. The minimum atomic E-state index is -0.289. The second kappa shape index (κ2) is 7.52. The second-order valence-corrected chi connectivity index (χ2v) is 6.54. The first kappa shape index (κ1) is 17.9. The molecule has 1 aromatic carbocycles. The molecule has 5 nitrogen and oxygen atoms in total. The van der Waals surface area contributed by atoms with Gasteiger partial charge < -0.3 is 4.90 Å². The average Bonchev–Trinajstić information content (AvgIpc) is 2.65. The van der Waals surface area contributed by atoms with Crippen molar-refractivity contribution in [3.63, 3.8) is 0 Å². The first-order valence-corrected chi connectivity index (χ1v) is 8.86. The largest absolute Gasteiger partial charge is 0.332 e. The Balaban J connectivity index is 2.07. The predicted octanol–water partition coefficient (Wildman–Crippen LogP) is 3.47. The van der Waals surface area contributed by atoms with Crippen molar-refractivity contribution in [1.29, 1.82) is 0 Å². The summed E-state index contributed by atoms with van der Waals surface area (Å²) in [6.07, 6.45) is 1.66. The molecule has 2 heterocycles. The van der Waals surface area contributed by atoms with Gasteiger partial charge in [-0.05, 0) is 44.5 Å². The van der Waals surface area contributed by atoms with Crippen LogP contribution in [-0.2, 0) is 13.1 Å². The van der Waals surface area contributed by atoms with Crippen LogP contribution in [0.25, 0.3) is 11.0 Å². The Bertz CT molecular complexity index is 977. The Hall–Kier alpha value is -2.95. The van der Waals surface area contributed by atoms with Gasteiger partial charge in [-0.2, -0.15) is 0 Å². The van der Waals surface area contributed by atoms with Crippen molar-refractivity contribution in [2.45, 2.75) is 39.9 Å². The molecule has 5 heteroatoms. The van der Waals surface area contributed by atoms with Crippen LogP contribution in [0.3, 0.4) is 0 Å². The molecule has 0 N–H and O–H groups in total. The van der Waals surface area contributed by atoms with Crippen molar-refractivity contribution < 1.29 is 4.79 Å². The molecule has 134 valence electrons. The molecule has 0 saturated heterocycles. The monoisotopic (exact) mass is 349 g/mol. The van der Waals surface area contributed by atoms with Crippen LogP contribution in [0.5, 0.6) is 0 Å². The van der Waals surface area contributed by atoms with Crippen LogP contribution in [-0.4, -0.2) is 26.4 Å². The molecule has 0 radical (unpaired) electrons. The summed E-state index contributed by atoms with van der Waals surface area (Å²) in [6.45, 7) is 6.74. The number of aryl methyl sites for hydroxylation is 1. The van der Waals surface area contributed by atoms with Crippen LogP contribution in [0, 0.1) is 0 Å². The van der Waals surface area contributed by atoms with Crippen LogP contribution >= 0.6 is 0 Å². The van der Waals surface area contributed by atoms with E-state index in [9.17, 15) is 9.59 Å². The first-order valence-electron chi connectivity index (χ1n) is 8.86. The zero-order valence-corrected chi connectivity index (χ0v) is 15.3. The van der Waals surface area contributed by atoms with Crippen LogP contribution in [0.4, 0.5) is 0 Å². The number of pyridine rings is 2. The molecular weight excluding hydrogens is 326 g/mol. The quantitative estimate of drug-likeness (QED) is 0.709. The van der Waals surface area contributed by atoms with Gasteiger partial charge in [0.2, 0.25) is 0 Å². The molecule has 0 aliphatic rings. The number of carbonyl (C=O) groups is 1. The van der Waals surface area contributed by atoms with E-state index in [1.54, 1.807) is 21.7 Å². The van der Waals surface area contributed by atoms with Gasteiger partial charge in [0.1, 0.15) is 11.2 Å². The number of rotatable bonds is 5. The standard InChI is InChI=1S/C21H23N3O2/c1-4-23-19-17(11-8-12-22-19)13-18(20(23)25)21(26)24(15(2)3)14-16-9-6-5-7-10-16/h5-13,15H,4,14H2,1-3H3. The van der Waals surface area contributed by atoms with E-state index in [1.807, 2.05) is 63.2 Å². The number of nitrogens with zero attached hydrogens (tertiary/aromatic N) is 3. The lowest BCUT2D eigenvalue weighted by atomic mass is 10.1. The van der Waals surface area contributed by atoms with E-state index in [-0.39, 0.29) is 23.1 Å². The minimum absolute atomic E-state index is 0.0261. The summed E-state index contributed by atoms with van der Waals surface area (Å²) in [5, 5.41) is 0.792. The summed E-state index contributed by atoms with van der Waals surface area (Å²) in [5.74, 6) is -0.248. The van der Waals surface area contributed by atoms with E-state index in [0.717, 1.165) is 10.9 Å². The highest BCUT2D eigenvalue weighted by Gasteiger charge is 2.23. The van der Waals surface area contributed by atoms with E-state index in [0.29, 0.717) is 18.7 Å². The Labute approximate surface area is 152 Å². The van der Waals surface area contributed by atoms with Gasteiger partial charge >= 0.3 is 0 Å². The van der Waals surface area contributed by atoms with Gasteiger partial charge in [0.15, 0.2) is 0 Å². The molecule has 0 aliphatic carbocycles. The van der Waals surface area contributed by atoms with Gasteiger partial charge in [0, 0.05) is 30.7 Å². The van der Waals surface area contributed by atoms with Gasteiger partial charge in [-0.3, -0.25) is 14.2 Å². The number of carbonyl (C=O) groups excluding carboxylic acids is 1. The lowest BCUT2D eigenvalue weighted by molar-refractivity contribution is 0.0688. The van der Waals surface area contributed by atoms with Crippen molar-refractivity contribution in [3.05, 3.63) is 76.2 Å². The Morgan fingerprint density at radius 1 is 1.15 bits per heavy atom. The SMILES string of the molecule is CCn1c(=O)c(C(=O)N(Cc2ccccc2)C(C)C)cc2cccnc21. The highest BCUT2D eigenvalue weighted by atomic mass is 16.2. The summed E-state index contributed by atoms with van der Waals surface area (Å²) in [6, 6.07) is 15.1. The molecule has 26 heavy (non-hydrogen) atoms. The third-order valence-electron chi connectivity index (χ3n) is 4.47. The third kappa shape index (κ3) is 3.38. The maximum Gasteiger partial charge on any atom is 0.265 e. The van der Waals surface area contributed by atoms with Crippen LogP contribution in [0.2, 0.25) is 0 Å². The van der Waals surface area contributed by atoms with Gasteiger partial charge in [-0.15, -0.1) is 0 Å². The Morgan fingerprint density at radius 2 is 1.88 bits per heavy atom. The minimum Gasteiger partial charge on any atom is -0.332 e. The third-order valence-corrected chi connectivity index (χ3v) is 4.47. The van der Waals surface area contributed by atoms with Gasteiger partial charge in [0.25, 0.3) is 11.5 Å². The smallest absolute Gasteiger partial charge is 0.265 e. The molecule has 3 aromatic rings. The van der Waals surface area contributed by atoms with Crippen molar-refractivity contribution in [2.75, 3.05) is 0 Å². The van der Waals surface area contributed by atoms with Crippen LogP contribution in [0.1, 0.15) is 36.7 Å². The molecule has 0 unspecified atom stereocenters. The van der Waals surface area contributed by atoms with Crippen molar-refractivity contribution in [2.24, 2.45) is 0 Å². The van der Waals surface area contributed by atoms with E-state index in [4.69, 9.17) is 0 Å². The van der Waals surface area contributed by atoms with Gasteiger partial charge in [0.05, 0.1) is 0 Å². The number of fused-ring (bicyclic) bond motifs is 1. The fraction of sp³-hybridized carbons (Fsp3) is 0.286. The molecule has 0 fully saturated rings. The van der Waals surface area contributed by atoms with Gasteiger partial charge in [-0.25, -0.2) is 4.98 Å². The normalized spacial score (nSPS) is 11.1. The average molecular weight is 349 g/mol. The summed E-state index contributed by atoms with van der Waals surface area (Å²) in [4.78, 5) is 32.2. The molecule has 0 saturated carbocycles. The van der Waals surface area contributed by atoms with E-state index >= 15 is 0 Å². The lowest BCUT2D eigenvalue weighted by Gasteiger charge is -2.27. The first-order chi connectivity index (χ1) is 12.5. The number of benzene rings is 1. The zero-order chi connectivity index (χ0) is 18.7. The molecule has 0 atom stereocenters. The van der Waals surface area contributed by atoms with E-state index in [1.165, 1.54) is 0 Å². The predicted molar refractivity (Wildman–Crippen MR) is 103 cm³/mol. The highest BCUT2D eigenvalue weighted by molar-refractivity contribution is 5.97. The number of aromatic nitrogens is 2. The molecule has 2 aromatic heterocycles. The summed E-state index contributed by atoms with van der Waals surface area (Å²) >= 11 is 0. The molecule has 0 bridgehead atoms. The Kier molecular flexibility index (Phi) is 5.16. The number of amides is 1. The molecule has 1 amide bonds. The topological polar surface area (TPSA) is 55.2 Å². The summed E-state index contributed by atoms with van der Waals surface area (Å²) in [7, 11) is 0. The number of hydrogen-bond acceptors (Lipinski definition) is 3. The fourth-order valence-corrected chi connectivity index (χ4v) is 3.08. The lowest BCUT2D eigenvalue weighted by Crippen LogP contribution is -2.40. The maximum absolute atomic E-state index is 13.2. The number of hydrogen-bond donors (Lipinski definition) is 0. The van der Waals surface area contributed by atoms with Gasteiger partial charge in [-0.1, -0.05) is 30.3 Å². The summed E-state index contributed by atoms with van der Waals surface area (Å²) in [5.41, 5.74) is 1.54. The van der Waals surface area contributed by atoms with Crippen LogP contribution < -0.4 is 5.56 Å². The van der Waals surface area contributed by atoms with Crippen molar-refractivity contribution >= 4 is 16.9 Å². The summed E-state index contributed by atoms with van der Waals surface area (Å²) < 4.78 is 1.56. The zero-order valence-electron chi connectivity index (χ0n) is 15.3. The van der Waals surface area contributed by atoms with Crippen LogP contribution in [0.15, 0.2) is 59.5 Å². The fourth-order valence-electron chi connectivity index (χ4n) is 3.08. The van der Waals surface area contributed by atoms with E-state index < -0.39 is 0 Å². The maximum atomic E-state index is 13.2. The second-order valence-electron chi connectivity index (χ2n) is 6.54. The van der Waals surface area contributed by atoms with Crippen molar-refractivity contribution in [3.8, 4) is 0 Å². The molecule has 3 rings (SSSR count). The molecule has 0 spiro atoms. The Morgan fingerprint density at radius 3 is 2.54 bits per heavy atom.